The molecule has 1 N–H and O–H groups in total. The Morgan fingerprint density at radius 3 is 2.48 bits per heavy atom. The summed E-state index contributed by atoms with van der Waals surface area (Å²) >= 11 is 5.66. The van der Waals surface area contributed by atoms with E-state index in [0.717, 1.165) is 41.8 Å². The number of thiocarbonyl (C=S) groups is 1. The van der Waals surface area contributed by atoms with Crippen LogP contribution >= 0.6 is 12.2 Å². The Bertz CT molecular complexity index is 1110. The third-order valence-corrected chi connectivity index (χ3v) is 5.84. The molecule has 2 heterocycles. The van der Waals surface area contributed by atoms with Crippen LogP contribution in [0.25, 0.3) is 17.0 Å². The molecule has 0 spiro atoms. The highest BCUT2D eigenvalue weighted by Gasteiger charge is 2.33. The van der Waals surface area contributed by atoms with Gasteiger partial charge in [-0.1, -0.05) is 60.5 Å². The van der Waals surface area contributed by atoms with Crippen LogP contribution in [0, 0.1) is 12.7 Å². The Labute approximate surface area is 187 Å². The van der Waals surface area contributed by atoms with E-state index in [1.165, 1.54) is 17.7 Å². The van der Waals surface area contributed by atoms with Gasteiger partial charge >= 0.3 is 0 Å². The second-order valence-corrected chi connectivity index (χ2v) is 8.11. The zero-order chi connectivity index (χ0) is 22.0. The average molecular weight is 437 g/mol. The number of hydrogen-bond donors (Lipinski definition) is 1. The first-order valence-corrected chi connectivity index (χ1v) is 10.8. The second-order valence-electron chi connectivity index (χ2n) is 7.73. The molecule has 0 bridgehead atoms. The van der Waals surface area contributed by atoms with E-state index in [1.807, 2.05) is 38.1 Å². The number of nitrogens with zero attached hydrogens (tertiary/aromatic N) is 3. The monoisotopic (exact) mass is 436 g/mol. The van der Waals surface area contributed by atoms with E-state index in [0.29, 0.717) is 16.8 Å². The highest BCUT2D eigenvalue weighted by atomic mass is 32.1. The van der Waals surface area contributed by atoms with Gasteiger partial charge in [-0.15, -0.1) is 0 Å². The molecule has 5 nitrogen and oxygen atoms in total. The van der Waals surface area contributed by atoms with E-state index in [2.05, 4.69) is 22.3 Å². The largest absolute Gasteiger partial charge is 0.351 e. The van der Waals surface area contributed by atoms with Crippen LogP contribution in [0.4, 0.5) is 4.39 Å². The molecule has 1 atom stereocenters. The summed E-state index contributed by atoms with van der Waals surface area (Å²) in [4.78, 5) is 6.77. The fraction of sp³-hybridized carbons (Fsp3) is 0.292. The molecule has 7 heteroatoms. The van der Waals surface area contributed by atoms with Gasteiger partial charge in [0.05, 0.1) is 11.6 Å². The third-order valence-electron chi connectivity index (χ3n) is 5.50. The topological polar surface area (TPSA) is 54.2 Å². The molecule has 2 aromatic carbocycles. The van der Waals surface area contributed by atoms with Gasteiger partial charge in [-0.3, -0.25) is 0 Å². The molecule has 0 saturated carbocycles. The molecule has 1 aliphatic heterocycles. The first-order valence-electron chi connectivity index (χ1n) is 10.4. The maximum atomic E-state index is 13.5. The maximum Gasteiger partial charge on any atom is 0.258 e. The quantitative estimate of drug-likeness (QED) is 0.504. The van der Waals surface area contributed by atoms with E-state index < -0.39 is 0 Å². The number of benzene rings is 2. The summed E-state index contributed by atoms with van der Waals surface area (Å²) in [5.41, 5.74) is 4.74. The molecule has 3 aromatic rings. The first kappa shape index (κ1) is 21.2. The molecule has 1 aromatic heterocycles. The molecule has 0 saturated heterocycles. The molecule has 1 unspecified atom stereocenters. The lowest BCUT2D eigenvalue weighted by atomic mass is 9.94. The number of unbranched alkanes of at least 4 members (excludes halogenated alkanes) is 1. The van der Waals surface area contributed by atoms with Crippen molar-refractivity contribution in [2.75, 3.05) is 6.54 Å². The van der Waals surface area contributed by atoms with Crippen LogP contribution in [0.3, 0.4) is 0 Å². The molecule has 31 heavy (non-hydrogen) atoms. The number of rotatable bonds is 6. The minimum Gasteiger partial charge on any atom is -0.351 e. The third kappa shape index (κ3) is 4.37. The van der Waals surface area contributed by atoms with E-state index in [4.69, 9.17) is 21.7 Å². The number of hydrogen-bond acceptors (Lipinski definition) is 4. The highest BCUT2D eigenvalue weighted by Crippen LogP contribution is 2.37. The van der Waals surface area contributed by atoms with Crippen LogP contribution in [0.15, 0.2) is 58.8 Å². The van der Waals surface area contributed by atoms with Crippen LogP contribution < -0.4 is 5.32 Å². The Hall–Kier alpha value is -3.06. The molecular weight excluding hydrogens is 411 g/mol. The van der Waals surface area contributed by atoms with Crippen LogP contribution in [-0.2, 0) is 0 Å². The van der Waals surface area contributed by atoms with Gasteiger partial charge in [0.15, 0.2) is 5.11 Å². The van der Waals surface area contributed by atoms with Gasteiger partial charge in [-0.25, -0.2) is 4.39 Å². The Kier molecular flexibility index (Phi) is 6.13. The minimum atomic E-state index is -0.308. The summed E-state index contributed by atoms with van der Waals surface area (Å²) in [6, 6.07) is 14.1. The van der Waals surface area contributed by atoms with Crippen molar-refractivity contribution in [3.63, 3.8) is 0 Å². The second kappa shape index (κ2) is 8.98. The Morgan fingerprint density at radius 1 is 1.10 bits per heavy atom. The SMILES string of the molecule is CCCCN1C(=S)NC(c2ccc(F)cc2)C(c2nc(-c3ccc(C)cc3)no2)=C1C. The lowest BCUT2D eigenvalue weighted by Gasteiger charge is -2.37. The lowest BCUT2D eigenvalue weighted by molar-refractivity contribution is 0.395. The van der Waals surface area contributed by atoms with Crippen LogP contribution in [-0.4, -0.2) is 26.7 Å². The molecule has 0 amide bonds. The normalized spacial score (nSPS) is 16.6. The predicted octanol–water partition coefficient (Wildman–Crippen LogP) is 5.65. The molecule has 1 aliphatic rings. The zero-order valence-electron chi connectivity index (χ0n) is 17.9. The number of nitrogens with one attached hydrogen (secondary N) is 1. The summed E-state index contributed by atoms with van der Waals surface area (Å²) < 4.78 is 19.3. The lowest BCUT2D eigenvalue weighted by Crippen LogP contribution is -2.46. The fourth-order valence-electron chi connectivity index (χ4n) is 3.70. The Balaban J connectivity index is 1.78. The molecular formula is C24H25FN4OS. The van der Waals surface area contributed by atoms with Crippen LogP contribution in [0.2, 0.25) is 0 Å². The molecule has 0 radical (unpaired) electrons. The Morgan fingerprint density at radius 2 is 1.81 bits per heavy atom. The molecule has 4 rings (SSSR count). The highest BCUT2D eigenvalue weighted by molar-refractivity contribution is 7.80. The van der Waals surface area contributed by atoms with E-state index in [1.54, 1.807) is 12.1 Å². The molecule has 160 valence electrons. The van der Waals surface area contributed by atoms with Gasteiger partial charge in [-0.05, 0) is 50.2 Å². The maximum absolute atomic E-state index is 13.5. The van der Waals surface area contributed by atoms with Crippen molar-refractivity contribution in [3.8, 4) is 11.4 Å². The van der Waals surface area contributed by atoms with Gasteiger partial charge in [0, 0.05) is 17.8 Å². The van der Waals surface area contributed by atoms with Crippen molar-refractivity contribution in [3.05, 3.63) is 77.1 Å². The predicted molar refractivity (Wildman–Crippen MR) is 124 cm³/mol. The summed E-state index contributed by atoms with van der Waals surface area (Å²) in [7, 11) is 0. The smallest absolute Gasteiger partial charge is 0.258 e. The van der Waals surface area contributed by atoms with E-state index >= 15 is 0 Å². The zero-order valence-corrected chi connectivity index (χ0v) is 18.7. The number of halogens is 1. The van der Waals surface area contributed by atoms with Gasteiger partial charge in [0.1, 0.15) is 5.82 Å². The van der Waals surface area contributed by atoms with Gasteiger partial charge in [-0.2, -0.15) is 4.98 Å². The summed E-state index contributed by atoms with van der Waals surface area (Å²) in [6.45, 7) is 7.00. The summed E-state index contributed by atoms with van der Waals surface area (Å²) in [5.74, 6) is 0.675. The van der Waals surface area contributed by atoms with Crippen molar-refractivity contribution in [1.29, 1.82) is 0 Å². The van der Waals surface area contributed by atoms with Gasteiger partial charge in [0.2, 0.25) is 5.82 Å². The number of aromatic nitrogens is 2. The summed E-state index contributed by atoms with van der Waals surface area (Å²) in [5, 5.41) is 8.25. The van der Waals surface area contributed by atoms with Gasteiger partial charge < -0.3 is 14.7 Å². The van der Waals surface area contributed by atoms with Crippen molar-refractivity contribution < 1.29 is 8.91 Å². The van der Waals surface area contributed by atoms with Crippen molar-refractivity contribution in [2.24, 2.45) is 0 Å². The van der Waals surface area contributed by atoms with Crippen LogP contribution in [0.5, 0.6) is 0 Å². The van der Waals surface area contributed by atoms with Crippen molar-refractivity contribution >= 4 is 22.9 Å². The van der Waals surface area contributed by atoms with E-state index in [9.17, 15) is 4.39 Å². The number of allylic oxidation sites excluding steroid dienone is 1. The molecule has 0 aliphatic carbocycles. The molecule has 0 fully saturated rings. The number of aryl methyl sites for hydroxylation is 1. The summed E-state index contributed by atoms with van der Waals surface area (Å²) in [6.07, 6.45) is 2.06. The van der Waals surface area contributed by atoms with Crippen molar-refractivity contribution in [1.82, 2.24) is 20.4 Å². The minimum absolute atomic E-state index is 0.284. The van der Waals surface area contributed by atoms with Gasteiger partial charge in [0.25, 0.3) is 5.89 Å². The van der Waals surface area contributed by atoms with Crippen molar-refractivity contribution in [2.45, 2.75) is 39.7 Å². The first-order chi connectivity index (χ1) is 15.0. The van der Waals surface area contributed by atoms with Crippen LogP contribution in [0.1, 0.15) is 49.7 Å². The fourth-order valence-corrected chi connectivity index (χ4v) is 4.05. The standard InChI is InChI=1S/C24H25FN4OS/c1-4-5-14-29-16(3)20(21(26-24(29)31)17-10-12-19(25)13-11-17)23-27-22(28-30-23)18-8-6-15(2)7-9-18/h6-13,21H,4-5,14H2,1-3H3,(H,26,31). The van der Waals surface area contributed by atoms with E-state index in [-0.39, 0.29) is 11.9 Å². The average Bonchev–Trinajstić information content (AvgIpc) is 3.24.